The molecule has 0 aliphatic heterocycles. The van der Waals surface area contributed by atoms with Crippen molar-refractivity contribution in [1.82, 2.24) is 4.98 Å². The maximum atomic E-state index is 13.3. The number of aromatic nitrogens is 1. The molecule has 0 spiro atoms. The Balaban J connectivity index is 2.31. The number of pyridine rings is 1. The molecular weight excluding hydrogens is 275 g/mol. The van der Waals surface area contributed by atoms with Crippen LogP contribution in [0.1, 0.15) is 0 Å². The van der Waals surface area contributed by atoms with E-state index in [1.165, 1.54) is 18.3 Å². The van der Waals surface area contributed by atoms with Gasteiger partial charge in [-0.05, 0) is 34.1 Å². The largest absolute Gasteiger partial charge is 0.435 e. The maximum absolute atomic E-state index is 13.3. The molecule has 16 heavy (non-hydrogen) atoms. The van der Waals surface area contributed by atoms with E-state index in [1.54, 1.807) is 18.2 Å². The van der Waals surface area contributed by atoms with Crippen molar-refractivity contribution in [2.45, 2.75) is 0 Å². The smallest absolute Gasteiger partial charge is 0.233 e. The quantitative estimate of drug-likeness (QED) is 0.919. The molecule has 0 aliphatic rings. The third kappa shape index (κ3) is 2.30. The predicted octanol–water partition coefficient (Wildman–Crippen LogP) is 3.36. The molecule has 1 aromatic carbocycles. The highest BCUT2D eigenvalue weighted by molar-refractivity contribution is 9.10. The Morgan fingerprint density at radius 1 is 1.31 bits per heavy atom. The number of anilines is 1. The van der Waals surface area contributed by atoms with Gasteiger partial charge in [-0.1, -0.05) is 12.1 Å². The zero-order valence-electron chi connectivity index (χ0n) is 8.15. The second-order valence-electron chi connectivity index (χ2n) is 3.09. The van der Waals surface area contributed by atoms with Crippen molar-refractivity contribution < 1.29 is 9.13 Å². The first-order valence-corrected chi connectivity index (χ1v) is 5.29. The number of ether oxygens (including phenoxy) is 1. The summed E-state index contributed by atoms with van der Waals surface area (Å²) < 4.78 is 19.2. The fourth-order valence-corrected chi connectivity index (χ4v) is 1.59. The number of rotatable bonds is 2. The Labute approximate surface area is 100 Å². The number of hydrogen-bond donors (Lipinski definition) is 1. The molecule has 0 fully saturated rings. The molecule has 0 saturated carbocycles. The van der Waals surface area contributed by atoms with Crippen LogP contribution >= 0.6 is 15.9 Å². The van der Waals surface area contributed by atoms with E-state index in [2.05, 4.69) is 20.9 Å². The standard InChI is InChI=1S/C11H8BrFN2O/c12-8-5-7(14)6-15-11(8)16-10-4-2-1-3-9(10)13/h1-6H,14H2. The molecule has 0 unspecified atom stereocenters. The third-order valence-corrected chi connectivity index (χ3v) is 2.44. The van der Waals surface area contributed by atoms with Gasteiger partial charge in [0, 0.05) is 0 Å². The molecule has 2 rings (SSSR count). The molecule has 0 atom stereocenters. The molecule has 0 radical (unpaired) electrons. The summed E-state index contributed by atoms with van der Waals surface area (Å²) in [5.74, 6) is -0.0344. The molecule has 82 valence electrons. The van der Waals surface area contributed by atoms with E-state index in [4.69, 9.17) is 10.5 Å². The van der Waals surface area contributed by atoms with Crippen molar-refractivity contribution in [2.75, 3.05) is 5.73 Å². The van der Waals surface area contributed by atoms with Crippen LogP contribution in [0.4, 0.5) is 10.1 Å². The van der Waals surface area contributed by atoms with E-state index in [1.807, 2.05) is 0 Å². The van der Waals surface area contributed by atoms with Crippen molar-refractivity contribution in [3.63, 3.8) is 0 Å². The van der Waals surface area contributed by atoms with Crippen LogP contribution < -0.4 is 10.5 Å². The van der Waals surface area contributed by atoms with E-state index >= 15 is 0 Å². The summed E-state index contributed by atoms with van der Waals surface area (Å²) >= 11 is 3.24. The topological polar surface area (TPSA) is 48.1 Å². The summed E-state index contributed by atoms with van der Waals surface area (Å²) in [6, 6.07) is 7.76. The van der Waals surface area contributed by atoms with Gasteiger partial charge in [-0.15, -0.1) is 0 Å². The van der Waals surface area contributed by atoms with E-state index in [9.17, 15) is 4.39 Å². The van der Waals surface area contributed by atoms with Crippen LogP contribution in [0, 0.1) is 5.82 Å². The van der Waals surface area contributed by atoms with Crippen LogP contribution in [0.5, 0.6) is 11.6 Å². The van der Waals surface area contributed by atoms with Gasteiger partial charge in [-0.25, -0.2) is 9.37 Å². The van der Waals surface area contributed by atoms with Crippen molar-refractivity contribution in [3.8, 4) is 11.6 Å². The van der Waals surface area contributed by atoms with Gasteiger partial charge in [-0.3, -0.25) is 0 Å². The molecule has 0 saturated heterocycles. The van der Waals surface area contributed by atoms with E-state index < -0.39 is 5.82 Å². The molecule has 2 aromatic rings. The Morgan fingerprint density at radius 3 is 2.75 bits per heavy atom. The second-order valence-corrected chi connectivity index (χ2v) is 3.94. The molecule has 1 aromatic heterocycles. The molecule has 5 heteroatoms. The molecule has 0 aliphatic carbocycles. The first kappa shape index (κ1) is 10.9. The van der Waals surface area contributed by atoms with Crippen molar-refractivity contribution >= 4 is 21.6 Å². The molecule has 3 nitrogen and oxygen atoms in total. The minimum Gasteiger partial charge on any atom is -0.435 e. The zero-order chi connectivity index (χ0) is 11.5. The van der Waals surface area contributed by atoms with Gasteiger partial charge < -0.3 is 10.5 Å². The minimum absolute atomic E-state index is 0.125. The summed E-state index contributed by atoms with van der Waals surface area (Å²) in [4.78, 5) is 3.95. The van der Waals surface area contributed by atoms with Crippen molar-refractivity contribution in [1.29, 1.82) is 0 Å². The lowest BCUT2D eigenvalue weighted by molar-refractivity contribution is 0.425. The molecular formula is C11H8BrFN2O. The number of halogens is 2. The van der Waals surface area contributed by atoms with Crippen molar-refractivity contribution in [2.24, 2.45) is 0 Å². The fraction of sp³-hybridized carbons (Fsp3) is 0. The van der Waals surface area contributed by atoms with Crippen LogP contribution in [-0.4, -0.2) is 4.98 Å². The van der Waals surface area contributed by atoms with E-state index in [0.717, 1.165) is 0 Å². The van der Waals surface area contributed by atoms with Gasteiger partial charge in [0.15, 0.2) is 11.6 Å². The van der Waals surface area contributed by atoms with Crippen LogP contribution in [0.2, 0.25) is 0 Å². The fourth-order valence-electron chi connectivity index (χ4n) is 1.15. The minimum atomic E-state index is -0.437. The Kier molecular flexibility index (Phi) is 3.05. The highest BCUT2D eigenvalue weighted by atomic mass is 79.9. The van der Waals surface area contributed by atoms with E-state index in [-0.39, 0.29) is 11.6 Å². The second kappa shape index (κ2) is 4.49. The van der Waals surface area contributed by atoms with Crippen LogP contribution in [0.25, 0.3) is 0 Å². The van der Waals surface area contributed by atoms with Crippen LogP contribution in [-0.2, 0) is 0 Å². The van der Waals surface area contributed by atoms with Crippen LogP contribution in [0.3, 0.4) is 0 Å². The Morgan fingerprint density at radius 2 is 2.06 bits per heavy atom. The van der Waals surface area contributed by atoms with Gasteiger partial charge >= 0.3 is 0 Å². The Hall–Kier alpha value is -1.62. The van der Waals surface area contributed by atoms with Crippen molar-refractivity contribution in [3.05, 3.63) is 46.8 Å². The summed E-state index contributed by atoms with van der Waals surface area (Å²) in [6.45, 7) is 0. The summed E-state index contributed by atoms with van der Waals surface area (Å²) in [6.07, 6.45) is 1.45. The Bertz CT molecular complexity index is 519. The highest BCUT2D eigenvalue weighted by Crippen LogP contribution is 2.29. The average molecular weight is 283 g/mol. The van der Waals surface area contributed by atoms with Crippen LogP contribution in [0.15, 0.2) is 41.0 Å². The third-order valence-electron chi connectivity index (χ3n) is 1.87. The lowest BCUT2D eigenvalue weighted by atomic mass is 10.3. The van der Waals surface area contributed by atoms with Gasteiger partial charge in [0.1, 0.15) is 0 Å². The molecule has 2 N–H and O–H groups in total. The lowest BCUT2D eigenvalue weighted by Gasteiger charge is -2.07. The first-order valence-electron chi connectivity index (χ1n) is 4.50. The highest BCUT2D eigenvalue weighted by Gasteiger charge is 2.07. The molecule has 0 bridgehead atoms. The van der Waals surface area contributed by atoms with E-state index in [0.29, 0.717) is 10.2 Å². The molecule has 0 amide bonds. The number of nitrogens with two attached hydrogens (primary N) is 1. The maximum Gasteiger partial charge on any atom is 0.233 e. The number of para-hydroxylation sites is 1. The number of benzene rings is 1. The monoisotopic (exact) mass is 282 g/mol. The normalized spacial score (nSPS) is 10.1. The van der Waals surface area contributed by atoms with Gasteiger partial charge in [0.2, 0.25) is 5.88 Å². The predicted molar refractivity (Wildman–Crippen MR) is 62.8 cm³/mol. The summed E-state index contributed by atoms with van der Waals surface area (Å²) in [5, 5.41) is 0. The summed E-state index contributed by atoms with van der Waals surface area (Å²) in [5.41, 5.74) is 6.04. The summed E-state index contributed by atoms with van der Waals surface area (Å²) in [7, 11) is 0. The number of hydrogen-bond acceptors (Lipinski definition) is 3. The molecule has 1 heterocycles. The van der Waals surface area contributed by atoms with Gasteiger partial charge in [0.05, 0.1) is 16.4 Å². The first-order chi connectivity index (χ1) is 7.66. The SMILES string of the molecule is Nc1cnc(Oc2ccccc2F)c(Br)c1. The number of nitrogen functional groups attached to an aromatic ring is 1. The van der Waals surface area contributed by atoms with Gasteiger partial charge in [-0.2, -0.15) is 0 Å². The average Bonchev–Trinajstić information content (AvgIpc) is 2.25. The van der Waals surface area contributed by atoms with Gasteiger partial charge in [0.25, 0.3) is 0 Å². The number of nitrogens with zero attached hydrogens (tertiary/aromatic N) is 1. The lowest BCUT2D eigenvalue weighted by Crippen LogP contribution is -1.93. The zero-order valence-corrected chi connectivity index (χ0v) is 9.74.